The second-order valence-electron chi connectivity index (χ2n) is 6.24. The third-order valence-corrected chi connectivity index (χ3v) is 4.36. The Kier molecular flexibility index (Phi) is 5.33. The SMILES string of the molecule is CN=C(NCc1ccnn1C)N1CC(C)OC(c2ccc(F)cc2)C1. The highest BCUT2D eigenvalue weighted by molar-refractivity contribution is 5.80. The lowest BCUT2D eigenvalue weighted by Gasteiger charge is -2.38. The zero-order chi connectivity index (χ0) is 17.8. The van der Waals surface area contributed by atoms with E-state index in [1.807, 2.05) is 24.7 Å². The minimum absolute atomic E-state index is 0.0547. The van der Waals surface area contributed by atoms with Gasteiger partial charge in [0.25, 0.3) is 0 Å². The zero-order valence-electron chi connectivity index (χ0n) is 14.8. The molecule has 3 rings (SSSR count). The Morgan fingerprint density at radius 2 is 2.08 bits per heavy atom. The standard InChI is InChI=1S/C18H24FN5O/c1-13-11-24(12-17(25-13)14-4-6-15(19)7-5-14)18(20-2)21-10-16-8-9-22-23(16)3/h4-9,13,17H,10-12H2,1-3H3,(H,20,21). The Labute approximate surface area is 147 Å². The molecule has 2 aromatic rings. The highest BCUT2D eigenvalue weighted by Crippen LogP contribution is 2.25. The van der Waals surface area contributed by atoms with Crippen molar-refractivity contribution >= 4 is 5.96 Å². The molecular weight excluding hydrogens is 321 g/mol. The smallest absolute Gasteiger partial charge is 0.194 e. The van der Waals surface area contributed by atoms with E-state index in [1.54, 1.807) is 25.4 Å². The number of benzene rings is 1. The van der Waals surface area contributed by atoms with Crippen molar-refractivity contribution < 1.29 is 9.13 Å². The third-order valence-electron chi connectivity index (χ3n) is 4.36. The number of hydrogen-bond acceptors (Lipinski definition) is 3. The molecule has 0 saturated carbocycles. The molecule has 2 unspecified atom stereocenters. The molecule has 25 heavy (non-hydrogen) atoms. The summed E-state index contributed by atoms with van der Waals surface area (Å²) in [5.41, 5.74) is 2.05. The van der Waals surface area contributed by atoms with Gasteiger partial charge >= 0.3 is 0 Å². The van der Waals surface area contributed by atoms with Gasteiger partial charge in [0.15, 0.2) is 5.96 Å². The monoisotopic (exact) mass is 345 g/mol. The van der Waals surface area contributed by atoms with E-state index in [2.05, 4.69) is 20.3 Å². The maximum absolute atomic E-state index is 13.2. The average Bonchev–Trinajstić information content (AvgIpc) is 3.01. The predicted molar refractivity (Wildman–Crippen MR) is 94.7 cm³/mol. The van der Waals surface area contributed by atoms with E-state index < -0.39 is 0 Å². The van der Waals surface area contributed by atoms with E-state index in [9.17, 15) is 4.39 Å². The molecule has 0 spiro atoms. The lowest BCUT2D eigenvalue weighted by Crippen LogP contribution is -2.50. The highest BCUT2D eigenvalue weighted by Gasteiger charge is 2.28. The van der Waals surface area contributed by atoms with Crippen LogP contribution in [-0.4, -0.2) is 46.9 Å². The fourth-order valence-electron chi connectivity index (χ4n) is 3.06. The van der Waals surface area contributed by atoms with Crippen molar-refractivity contribution in [3.63, 3.8) is 0 Å². The molecule has 0 amide bonds. The van der Waals surface area contributed by atoms with Crippen molar-refractivity contribution in [3.05, 3.63) is 53.6 Å². The van der Waals surface area contributed by atoms with Crippen molar-refractivity contribution in [2.45, 2.75) is 25.7 Å². The van der Waals surface area contributed by atoms with Crippen LogP contribution in [0.25, 0.3) is 0 Å². The van der Waals surface area contributed by atoms with Gasteiger partial charge in [-0.15, -0.1) is 0 Å². The number of halogens is 1. The van der Waals surface area contributed by atoms with Gasteiger partial charge in [-0.25, -0.2) is 4.39 Å². The first-order valence-electron chi connectivity index (χ1n) is 8.40. The van der Waals surface area contributed by atoms with Gasteiger partial charge in [-0.1, -0.05) is 12.1 Å². The Morgan fingerprint density at radius 3 is 2.72 bits per heavy atom. The molecule has 6 nitrogen and oxygen atoms in total. The quantitative estimate of drug-likeness (QED) is 0.684. The fourth-order valence-corrected chi connectivity index (χ4v) is 3.06. The van der Waals surface area contributed by atoms with Crippen LogP contribution in [-0.2, 0) is 18.3 Å². The molecule has 1 fully saturated rings. The molecule has 1 aliphatic rings. The van der Waals surface area contributed by atoms with E-state index in [0.29, 0.717) is 13.1 Å². The lowest BCUT2D eigenvalue weighted by molar-refractivity contribution is -0.0605. The van der Waals surface area contributed by atoms with E-state index in [0.717, 1.165) is 23.8 Å². The molecule has 2 heterocycles. The Balaban J connectivity index is 1.68. The predicted octanol–water partition coefficient (Wildman–Crippen LogP) is 2.10. The van der Waals surface area contributed by atoms with Crippen molar-refractivity contribution in [3.8, 4) is 0 Å². The van der Waals surface area contributed by atoms with E-state index in [4.69, 9.17) is 4.74 Å². The van der Waals surface area contributed by atoms with Crippen LogP contribution in [0, 0.1) is 5.82 Å². The molecule has 0 radical (unpaired) electrons. The number of guanidine groups is 1. The molecule has 2 atom stereocenters. The van der Waals surface area contributed by atoms with Crippen molar-refractivity contribution in [2.75, 3.05) is 20.1 Å². The third kappa shape index (κ3) is 4.17. The van der Waals surface area contributed by atoms with Gasteiger partial charge in [0, 0.05) is 26.8 Å². The van der Waals surface area contributed by atoms with Crippen molar-refractivity contribution in [1.29, 1.82) is 0 Å². The van der Waals surface area contributed by atoms with Gasteiger partial charge < -0.3 is 15.0 Å². The minimum atomic E-state index is -0.238. The van der Waals surface area contributed by atoms with Crippen LogP contribution < -0.4 is 5.32 Å². The fraction of sp³-hybridized carbons (Fsp3) is 0.444. The number of ether oxygens (including phenoxy) is 1. The molecule has 1 saturated heterocycles. The molecule has 0 bridgehead atoms. The number of aryl methyl sites for hydroxylation is 1. The van der Waals surface area contributed by atoms with Crippen LogP contribution in [0.15, 0.2) is 41.5 Å². The first kappa shape index (κ1) is 17.4. The van der Waals surface area contributed by atoms with Gasteiger partial charge in [0.1, 0.15) is 11.9 Å². The van der Waals surface area contributed by atoms with Crippen molar-refractivity contribution in [1.82, 2.24) is 20.0 Å². The molecular formula is C18H24FN5O. The van der Waals surface area contributed by atoms with Crippen LogP contribution in [0.2, 0.25) is 0 Å². The molecule has 1 N–H and O–H groups in total. The number of nitrogens with one attached hydrogen (secondary N) is 1. The van der Waals surface area contributed by atoms with Gasteiger partial charge in [0.05, 0.1) is 24.9 Å². The number of aliphatic imine (C=N–C) groups is 1. The number of rotatable bonds is 3. The van der Waals surface area contributed by atoms with E-state index in [1.165, 1.54) is 12.1 Å². The summed E-state index contributed by atoms with van der Waals surface area (Å²) in [4.78, 5) is 6.58. The maximum atomic E-state index is 13.2. The van der Waals surface area contributed by atoms with Gasteiger partial charge in [-0.2, -0.15) is 5.10 Å². The van der Waals surface area contributed by atoms with Crippen LogP contribution in [0.1, 0.15) is 24.3 Å². The Hall–Kier alpha value is -2.41. The Bertz CT molecular complexity index is 727. The first-order valence-corrected chi connectivity index (χ1v) is 8.40. The van der Waals surface area contributed by atoms with Gasteiger partial charge in [-0.3, -0.25) is 9.67 Å². The van der Waals surface area contributed by atoms with Crippen molar-refractivity contribution in [2.24, 2.45) is 12.0 Å². The summed E-state index contributed by atoms with van der Waals surface area (Å²) < 4.78 is 21.1. The molecule has 0 aliphatic carbocycles. The summed E-state index contributed by atoms with van der Waals surface area (Å²) in [5, 5.41) is 7.56. The van der Waals surface area contributed by atoms with Crippen LogP contribution >= 0.6 is 0 Å². The molecule has 134 valence electrons. The second-order valence-corrected chi connectivity index (χ2v) is 6.24. The highest BCUT2D eigenvalue weighted by atomic mass is 19.1. The largest absolute Gasteiger partial charge is 0.367 e. The second kappa shape index (κ2) is 7.65. The molecule has 1 aromatic carbocycles. The minimum Gasteiger partial charge on any atom is -0.367 e. The summed E-state index contributed by atoms with van der Waals surface area (Å²) in [6.45, 7) is 4.11. The number of morpholine rings is 1. The van der Waals surface area contributed by atoms with E-state index in [-0.39, 0.29) is 18.0 Å². The molecule has 1 aliphatic heterocycles. The van der Waals surface area contributed by atoms with Gasteiger partial charge in [-0.05, 0) is 30.7 Å². The van der Waals surface area contributed by atoms with Gasteiger partial charge in [0.2, 0.25) is 0 Å². The summed E-state index contributed by atoms with van der Waals surface area (Å²) in [5.74, 6) is 0.585. The summed E-state index contributed by atoms with van der Waals surface area (Å²) in [6.07, 6.45) is 1.72. The average molecular weight is 345 g/mol. The molecule has 7 heteroatoms. The summed E-state index contributed by atoms with van der Waals surface area (Å²) in [6, 6.07) is 8.48. The maximum Gasteiger partial charge on any atom is 0.194 e. The number of hydrogen-bond donors (Lipinski definition) is 1. The molecule has 1 aromatic heterocycles. The summed E-state index contributed by atoms with van der Waals surface area (Å²) in [7, 11) is 3.69. The normalized spacial score (nSPS) is 21.4. The van der Waals surface area contributed by atoms with Crippen LogP contribution in [0.5, 0.6) is 0 Å². The number of aromatic nitrogens is 2. The zero-order valence-corrected chi connectivity index (χ0v) is 14.8. The summed E-state index contributed by atoms with van der Waals surface area (Å²) >= 11 is 0. The first-order chi connectivity index (χ1) is 12.1. The lowest BCUT2D eigenvalue weighted by atomic mass is 10.1. The van der Waals surface area contributed by atoms with Crippen LogP contribution in [0.4, 0.5) is 4.39 Å². The number of nitrogens with zero attached hydrogens (tertiary/aromatic N) is 4. The van der Waals surface area contributed by atoms with E-state index >= 15 is 0 Å². The topological polar surface area (TPSA) is 54.7 Å². The Morgan fingerprint density at radius 1 is 1.32 bits per heavy atom. The van der Waals surface area contributed by atoms with Crippen LogP contribution in [0.3, 0.4) is 0 Å².